The lowest BCUT2D eigenvalue weighted by Crippen LogP contribution is -1.89. The van der Waals surface area contributed by atoms with Crippen molar-refractivity contribution < 1.29 is 9.37 Å². The Labute approximate surface area is 80.4 Å². The molecular formula is C9H9N3O2. The van der Waals surface area contributed by atoms with Gasteiger partial charge in [-0.05, 0) is 22.4 Å². The van der Waals surface area contributed by atoms with E-state index >= 15 is 0 Å². The van der Waals surface area contributed by atoms with E-state index in [2.05, 4.69) is 14.9 Å². The monoisotopic (exact) mass is 191 g/mol. The first kappa shape index (κ1) is 8.55. The summed E-state index contributed by atoms with van der Waals surface area (Å²) >= 11 is 0. The van der Waals surface area contributed by atoms with Crippen molar-refractivity contribution in [2.75, 3.05) is 12.8 Å². The predicted octanol–water partition coefficient (Wildman–Crippen LogP) is 1.33. The van der Waals surface area contributed by atoms with Crippen LogP contribution < -0.4 is 10.5 Å². The van der Waals surface area contributed by atoms with Gasteiger partial charge < -0.3 is 10.5 Å². The molecule has 1 aromatic heterocycles. The van der Waals surface area contributed by atoms with Crippen molar-refractivity contribution in [1.29, 1.82) is 0 Å². The van der Waals surface area contributed by atoms with Crippen molar-refractivity contribution >= 4 is 5.82 Å². The van der Waals surface area contributed by atoms with Crippen LogP contribution in [-0.4, -0.2) is 17.4 Å². The number of benzene rings is 1. The van der Waals surface area contributed by atoms with Gasteiger partial charge in [0, 0.05) is 5.56 Å². The van der Waals surface area contributed by atoms with Crippen LogP contribution in [0.2, 0.25) is 0 Å². The molecule has 0 bridgehead atoms. The van der Waals surface area contributed by atoms with Crippen LogP contribution in [0, 0.1) is 0 Å². The SMILES string of the molecule is COc1cccc(-c2nonc2N)c1. The number of anilines is 1. The molecule has 0 atom stereocenters. The molecule has 0 saturated heterocycles. The molecule has 0 aliphatic heterocycles. The fraction of sp³-hybridized carbons (Fsp3) is 0.111. The van der Waals surface area contributed by atoms with Crippen LogP contribution in [-0.2, 0) is 0 Å². The molecule has 0 saturated carbocycles. The number of nitrogens with two attached hydrogens (primary N) is 1. The summed E-state index contributed by atoms with van der Waals surface area (Å²) in [5.74, 6) is 1.02. The minimum absolute atomic E-state index is 0.276. The third kappa shape index (κ3) is 1.39. The Morgan fingerprint density at radius 2 is 2.21 bits per heavy atom. The molecule has 72 valence electrons. The van der Waals surface area contributed by atoms with E-state index in [4.69, 9.17) is 10.5 Å². The first-order chi connectivity index (χ1) is 6.81. The molecule has 2 N–H and O–H groups in total. The molecule has 1 heterocycles. The lowest BCUT2D eigenvalue weighted by Gasteiger charge is -2.00. The van der Waals surface area contributed by atoms with Crippen LogP contribution in [0.4, 0.5) is 5.82 Å². The van der Waals surface area contributed by atoms with Gasteiger partial charge >= 0.3 is 0 Å². The highest BCUT2D eigenvalue weighted by molar-refractivity contribution is 5.69. The van der Waals surface area contributed by atoms with Gasteiger partial charge in [0.05, 0.1) is 7.11 Å². The zero-order valence-electron chi connectivity index (χ0n) is 7.60. The van der Waals surface area contributed by atoms with E-state index in [1.165, 1.54) is 0 Å². The number of rotatable bonds is 2. The Morgan fingerprint density at radius 3 is 2.86 bits per heavy atom. The van der Waals surface area contributed by atoms with Crippen LogP contribution in [0.15, 0.2) is 28.9 Å². The highest BCUT2D eigenvalue weighted by Crippen LogP contribution is 2.25. The Morgan fingerprint density at radius 1 is 1.36 bits per heavy atom. The van der Waals surface area contributed by atoms with Gasteiger partial charge in [0.2, 0.25) is 0 Å². The molecule has 0 amide bonds. The highest BCUT2D eigenvalue weighted by Gasteiger charge is 2.08. The van der Waals surface area contributed by atoms with E-state index in [1.54, 1.807) is 7.11 Å². The number of hydrogen-bond donors (Lipinski definition) is 1. The van der Waals surface area contributed by atoms with E-state index in [0.717, 1.165) is 11.3 Å². The standard InChI is InChI=1S/C9H9N3O2/c1-13-7-4-2-3-6(5-7)8-9(10)12-14-11-8/h2-5H,1H3,(H2,10,12). The third-order valence-corrected chi connectivity index (χ3v) is 1.86. The van der Waals surface area contributed by atoms with Gasteiger partial charge in [-0.3, -0.25) is 0 Å². The van der Waals surface area contributed by atoms with Crippen molar-refractivity contribution in [3.8, 4) is 17.0 Å². The molecule has 0 spiro atoms. The van der Waals surface area contributed by atoms with Crippen LogP contribution in [0.3, 0.4) is 0 Å². The van der Waals surface area contributed by atoms with E-state index in [9.17, 15) is 0 Å². The lowest BCUT2D eigenvalue weighted by atomic mass is 10.1. The van der Waals surface area contributed by atoms with E-state index < -0.39 is 0 Å². The molecule has 0 radical (unpaired) electrons. The number of hydrogen-bond acceptors (Lipinski definition) is 5. The molecule has 0 unspecified atom stereocenters. The summed E-state index contributed by atoms with van der Waals surface area (Å²) in [7, 11) is 1.60. The topological polar surface area (TPSA) is 74.2 Å². The van der Waals surface area contributed by atoms with Gasteiger partial charge in [-0.1, -0.05) is 12.1 Å². The number of nitrogens with zero attached hydrogens (tertiary/aromatic N) is 2. The molecule has 0 fully saturated rings. The van der Waals surface area contributed by atoms with E-state index in [1.807, 2.05) is 24.3 Å². The second-order valence-electron chi connectivity index (χ2n) is 2.73. The zero-order chi connectivity index (χ0) is 9.97. The van der Waals surface area contributed by atoms with Crippen LogP contribution in [0.1, 0.15) is 0 Å². The summed E-state index contributed by atoms with van der Waals surface area (Å²) in [4.78, 5) is 0. The Hall–Kier alpha value is -2.04. The van der Waals surface area contributed by atoms with Gasteiger partial charge in [0.25, 0.3) is 0 Å². The van der Waals surface area contributed by atoms with Crippen LogP contribution in [0.25, 0.3) is 11.3 Å². The molecule has 0 aliphatic rings. The smallest absolute Gasteiger partial charge is 0.196 e. The summed E-state index contributed by atoms with van der Waals surface area (Å²) in [6.07, 6.45) is 0. The van der Waals surface area contributed by atoms with Crippen LogP contribution in [0.5, 0.6) is 5.75 Å². The molecule has 2 aromatic rings. The molecule has 2 rings (SSSR count). The summed E-state index contributed by atoms with van der Waals surface area (Å²) in [6.45, 7) is 0. The fourth-order valence-corrected chi connectivity index (χ4v) is 1.17. The lowest BCUT2D eigenvalue weighted by molar-refractivity contribution is 0.310. The maximum Gasteiger partial charge on any atom is 0.196 e. The molecule has 14 heavy (non-hydrogen) atoms. The summed E-state index contributed by atoms with van der Waals surface area (Å²) in [5.41, 5.74) is 6.91. The highest BCUT2D eigenvalue weighted by atomic mass is 16.6. The second kappa shape index (κ2) is 3.37. The zero-order valence-corrected chi connectivity index (χ0v) is 7.60. The van der Waals surface area contributed by atoms with Crippen molar-refractivity contribution in [3.05, 3.63) is 24.3 Å². The first-order valence-electron chi connectivity index (χ1n) is 4.03. The van der Waals surface area contributed by atoms with E-state index in [-0.39, 0.29) is 5.82 Å². The largest absolute Gasteiger partial charge is 0.497 e. The molecule has 0 aliphatic carbocycles. The average molecular weight is 191 g/mol. The number of nitrogen functional groups attached to an aromatic ring is 1. The van der Waals surface area contributed by atoms with E-state index in [0.29, 0.717) is 5.69 Å². The van der Waals surface area contributed by atoms with Gasteiger partial charge in [-0.25, -0.2) is 4.63 Å². The Balaban J connectivity index is 2.47. The van der Waals surface area contributed by atoms with Gasteiger partial charge in [0.1, 0.15) is 5.75 Å². The fourth-order valence-electron chi connectivity index (χ4n) is 1.17. The molecule has 5 heteroatoms. The van der Waals surface area contributed by atoms with Gasteiger partial charge in [-0.15, -0.1) is 0 Å². The first-order valence-corrected chi connectivity index (χ1v) is 4.03. The minimum atomic E-state index is 0.276. The maximum atomic E-state index is 5.56. The van der Waals surface area contributed by atoms with Crippen molar-refractivity contribution in [3.63, 3.8) is 0 Å². The van der Waals surface area contributed by atoms with Gasteiger partial charge in [-0.2, -0.15) is 0 Å². The summed E-state index contributed by atoms with van der Waals surface area (Å²) in [5, 5.41) is 7.19. The Kier molecular flexibility index (Phi) is 2.06. The normalized spacial score (nSPS) is 10.1. The van der Waals surface area contributed by atoms with Crippen molar-refractivity contribution in [2.45, 2.75) is 0 Å². The molecule has 5 nitrogen and oxygen atoms in total. The average Bonchev–Trinajstić information content (AvgIpc) is 2.65. The minimum Gasteiger partial charge on any atom is -0.497 e. The summed E-state index contributed by atoms with van der Waals surface area (Å²) < 4.78 is 9.58. The second-order valence-corrected chi connectivity index (χ2v) is 2.73. The van der Waals surface area contributed by atoms with Crippen molar-refractivity contribution in [2.24, 2.45) is 0 Å². The van der Waals surface area contributed by atoms with Crippen molar-refractivity contribution in [1.82, 2.24) is 10.3 Å². The Bertz CT molecular complexity index is 439. The van der Waals surface area contributed by atoms with Crippen LogP contribution >= 0.6 is 0 Å². The molecular weight excluding hydrogens is 182 g/mol. The molecule has 1 aromatic carbocycles. The van der Waals surface area contributed by atoms with Gasteiger partial charge in [0.15, 0.2) is 11.5 Å². The predicted molar refractivity (Wildman–Crippen MR) is 50.7 cm³/mol. The number of methoxy groups -OCH3 is 1. The number of aromatic nitrogens is 2. The maximum absolute atomic E-state index is 5.56. The third-order valence-electron chi connectivity index (χ3n) is 1.86. The summed E-state index contributed by atoms with van der Waals surface area (Å²) in [6, 6.07) is 7.36. The number of ether oxygens (including phenoxy) is 1. The quantitative estimate of drug-likeness (QED) is 0.775.